The Balaban J connectivity index is 2.74. The molecule has 6 heteroatoms. The maximum Gasteiger partial charge on any atom is 0.227 e. The van der Waals surface area contributed by atoms with Gasteiger partial charge in [-0.15, -0.1) is 0 Å². The third-order valence-electron chi connectivity index (χ3n) is 1.90. The summed E-state index contributed by atoms with van der Waals surface area (Å²) in [5, 5.41) is 3.38. The Hall–Kier alpha value is -1.14. The molecule has 0 bridgehead atoms. The first kappa shape index (κ1) is 13.9. The van der Waals surface area contributed by atoms with E-state index in [1.165, 1.54) is 11.8 Å². The van der Waals surface area contributed by atoms with E-state index >= 15 is 0 Å². The van der Waals surface area contributed by atoms with E-state index in [4.69, 9.17) is 5.73 Å². The van der Waals surface area contributed by atoms with Gasteiger partial charge in [-0.1, -0.05) is 11.8 Å². The molecule has 1 amide bonds. The van der Waals surface area contributed by atoms with Gasteiger partial charge < -0.3 is 11.1 Å². The number of nitrogens with zero attached hydrogens (tertiary/aromatic N) is 2. The molecule has 0 aromatic carbocycles. The lowest BCUT2D eigenvalue weighted by Crippen LogP contribution is -2.36. The normalized spacial score (nSPS) is 11.4. The Morgan fingerprint density at radius 3 is 2.71 bits per heavy atom. The Morgan fingerprint density at radius 2 is 2.18 bits per heavy atom. The maximum atomic E-state index is 11.7. The molecule has 0 unspecified atom stereocenters. The van der Waals surface area contributed by atoms with Gasteiger partial charge >= 0.3 is 0 Å². The van der Waals surface area contributed by atoms with Gasteiger partial charge in [-0.05, 0) is 27.0 Å². The number of hydrogen-bond acceptors (Lipinski definition) is 5. The van der Waals surface area contributed by atoms with Crippen molar-refractivity contribution in [2.45, 2.75) is 37.9 Å². The average Bonchev–Trinajstić information content (AvgIpc) is 2.13. The van der Waals surface area contributed by atoms with Crippen LogP contribution in [0.2, 0.25) is 0 Å². The second-order valence-corrected chi connectivity index (χ2v) is 5.37. The number of aryl methyl sites for hydroxylation is 1. The van der Waals surface area contributed by atoms with Crippen molar-refractivity contribution in [3.05, 3.63) is 11.8 Å². The number of carbonyl (C=O) groups is 1. The quantitative estimate of drug-likeness (QED) is 0.629. The van der Waals surface area contributed by atoms with Gasteiger partial charge in [-0.25, -0.2) is 9.97 Å². The van der Waals surface area contributed by atoms with Crippen LogP contribution in [0.15, 0.2) is 11.2 Å². The predicted molar refractivity (Wildman–Crippen MR) is 70.1 cm³/mol. The molecule has 0 saturated heterocycles. The van der Waals surface area contributed by atoms with Crippen molar-refractivity contribution in [1.29, 1.82) is 0 Å². The highest BCUT2D eigenvalue weighted by Crippen LogP contribution is 2.14. The van der Waals surface area contributed by atoms with Gasteiger partial charge in [0, 0.05) is 23.7 Å². The molecule has 0 spiro atoms. The standard InChI is InChI=1S/C11H18N4OS/c1-7-5-8(15-10(13-7)17-4)14-9(16)6-11(2,3)12/h5H,6,12H2,1-4H3,(H,13,14,15,16). The van der Waals surface area contributed by atoms with Crippen LogP contribution in [0.4, 0.5) is 5.82 Å². The lowest BCUT2D eigenvalue weighted by atomic mass is 10.0. The highest BCUT2D eigenvalue weighted by Gasteiger charge is 2.17. The smallest absolute Gasteiger partial charge is 0.227 e. The van der Waals surface area contributed by atoms with Gasteiger partial charge in [-0.2, -0.15) is 0 Å². The summed E-state index contributed by atoms with van der Waals surface area (Å²) in [7, 11) is 0. The molecule has 3 N–H and O–H groups in total. The average molecular weight is 254 g/mol. The molecule has 0 saturated carbocycles. The molecule has 0 fully saturated rings. The summed E-state index contributed by atoms with van der Waals surface area (Å²) < 4.78 is 0. The number of rotatable bonds is 4. The fourth-order valence-electron chi connectivity index (χ4n) is 1.30. The van der Waals surface area contributed by atoms with Crippen LogP contribution in [0.1, 0.15) is 26.0 Å². The fraction of sp³-hybridized carbons (Fsp3) is 0.545. The summed E-state index contributed by atoms with van der Waals surface area (Å²) in [5.74, 6) is 0.388. The summed E-state index contributed by atoms with van der Waals surface area (Å²) in [6.07, 6.45) is 2.15. The molecule has 0 aliphatic heterocycles. The second kappa shape index (κ2) is 5.46. The zero-order valence-corrected chi connectivity index (χ0v) is 11.4. The van der Waals surface area contributed by atoms with E-state index in [2.05, 4.69) is 15.3 Å². The second-order valence-electron chi connectivity index (χ2n) is 4.59. The molecular formula is C11H18N4OS. The van der Waals surface area contributed by atoms with Gasteiger partial charge in [0.05, 0.1) is 0 Å². The molecule has 0 aliphatic carbocycles. The zero-order valence-electron chi connectivity index (χ0n) is 10.6. The van der Waals surface area contributed by atoms with Crippen LogP contribution < -0.4 is 11.1 Å². The Kier molecular flexibility index (Phi) is 4.47. The first-order chi connectivity index (χ1) is 7.80. The minimum absolute atomic E-state index is 0.136. The molecule has 0 atom stereocenters. The summed E-state index contributed by atoms with van der Waals surface area (Å²) in [5.41, 5.74) is 6.08. The Labute approximate surface area is 106 Å². The minimum Gasteiger partial charge on any atom is -0.325 e. The molecule has 1 heterocycles. The van der Waals surface area contributed by atoms with Crippen molar-refractivity contribution in [2.24, 2.45) is 5.73 Å². The first-order valence-corrected chi connectivity index (χ1v) is 6.51. The molecule has 94 valence electrons. The van der Waals surface area contributed by atoms with Crippen molar-refractivity contribution in [3.63, 3.8) is 0 Å². The van der Waals surface area contributed by atoms with Crippen LogP contribution in [0.5, 0.6) is 0 Å². The lowest BCUT2D eigenvalue weighted by molar-refractivity contribution is -0.117. The van der Waals surface area contributed by atoms with E-state index in [0.29, 0.717) is 11.0 Å². The number of carbonyl (C=O) groups excluding carboxylic acids is 1. The maximum absolute atomic E-state index is 11.7. The molecule has 1 rings (SSSR count). The number of nitrogens with two attached hydrogens (primary N) is 1. The van der Waals surface area contributed by atoms with Crippen LogP contribution >= 0.6 is 11.8 Å². The van der Waals surface area contributed by atoms with E-state index < -0.39 is 5.54 Å². The number of anilines is 1. The molecule has 17 heavy (non-hydrogen) atoms. The summed E-state index contributed by atoms with van der Waals surface area (Å²) >= 11 is 1.44. The highest BCUT2D eigenvalue weighted by molar-refractivity contribution is 7.98. The Morgan fingerprint density at radius 1 is 1.53 bits per heavy atom. The van der Waals surface area contributed by atoms with Gasteiger partial charge in [0.2, 0.25) is 5.91 Å². The number of amides is 1. The van der Waals surface area contributed by atoms with Gasteiger partial charge in [0.15, 0.2) is 5.16 Å². The zero-order chi connectivity index (χ0) is 13.1. The third-order valence-corrected chi connectivity index (χ3v) is 2.45. The first-order valence-electron chi connectivity index (χ1n) is 5.28. The minimum atomic E-state index is -0.519. The van der Waals surface area contributed by atoms with Crippen LogP contribution in [0, 0.1) is 6.92 Å². The predicted octanol–water partition coefficient (Wildman–Crippen LogP) is 1.57. The highest BCUT2D eigenvalue weighted by atomic mass is 32.2. The third kappa shape index (κ3) is 5.14. The van der Waals surface area contributed by atoms with E-state index in [-0.39, 0.29) is 12.3 Å². The van der Waals surface area contributed by atoms with E-state index in [1.807, 2.05) is 27.0 Å². The van der Waals surface area contributed by atoms with E-state index in [1.54, 1.807) is 6.07 Å². The van der Waals surface area contributed by atoms with E-state index in [0.717, 1.165) is 5.69 Å². The van der Waals surface area contributed by atoms with Crippen LogP contribution in [-0.2, 0) is 4.79 Å². The summed E-state index contributed by atoms with van der Waals surface area (Å²) in [4.78, 5) is 20.1. The number of nitrogens with one attached hydrogen (secondary N) is 1. The Bertz CT molecular complexity index is 414. The van der Waals surface area contributed by atoms with Gasteiger partial charge in [0.1, 0.15) is 5.82 Å². The fourth-order valence-corrected chi connectivity index (χ4v) is 1.72. The molecule has 1 aromatic heterocycles. The van der Waals surface area contributed by atoms with Crippen LogP contribution in [0.25, 0.3) is 0 Å². The number of thioether (sulfide) groups is 1. The summed E-state index contributed by atoms with van der Waals surface area (Å²) in [6, 6.07) is 1.74. The molecule has 5 nitrogen and oxygen atoms in total. The largest absolute Gasteiger partial charge is 0.325 e. The van der Waals surface area contributed by atoms with Crippen LogP contribution in [0.3, 0.4) is 0 Å². The van der Waals surface area contributed by atoms with Crippen molar-refractivity contribution < 1.29 is 4.79 Å². The molecular weight excluding hydrogens is 236 g/mol. The van der Waals surface area contributed by atoms with Crippen molar-refractivity contribution in [1.82, 2.24) is 9.97 Å². The molecule has 1 aromatic rings. The SMILES string of the molecule is CSc1nc(C)cc(NC(=O)CC(C)(C)N)n1. The topological polar surface area (TPSA) is 80.9 Å². The van der Waals surface area contributed by atoms with Crippen molar-refractivity contribution in [2.75, 3.05) is 11.6 Å². The van der Waals surface area contributed by atoms with E-state index in [9.17, 15) is 4.79 Å². The summed E-state index contributed by atoms with van der Waals surface area (Å²) in [6.45, 7) is 5.49. The van der Waals surface area contributed by atoms with Crippen molar-refractivity contribution >= 4 is 23.5 Å². The van der Waals surface area contributed by atoms with Gasteiger partial charge in [0.25, 0.3) is 0 Å². The molecule has 0 radical (unpaired) electrons. The number of hydrogen-bond donors (Lipinski definition) is 2. The lowest BCUT2D eigenvalue weighted by Gasteiger charge is -2.17. The van der Waals surface area contributed by atoms with Crippen molar-refractivity contribution in [3.8, 4) is 0 Å². The van der Waals surface area contributed by atoms with Gasteiger partial charge in [-0.3, -0.25) is 4.79 Å². The number of aromatic nitrogens is 2. The van der Waals surface area contributed by atoms with Crippen LogP contribution in [-0.4, -0.2) is 27.7 Å². The molecule has 0 aliphatic rings. The monoisotopic (exact) mass is 254 g/mol.